The lowest BCUT2D eigenvalue weighted by atomic mass is 10.1. The monoisotopic (exact) mass is 466 g/mol. The summed E-state index contributed by atoms with van der Waals surface area (Å²) in [5.74, 6) is -0.925. The molecular weight excluding hydrogens is 435 g/mol. The first-order chi connectivity index (χ1) is 16.4. The van der Waals surface area contributed by atoms with E-state index in [-0.39, 0.29) is 30.2 Å². The number of nitrogens with one attached hydrogen (secondary N) is 2. The van der Waals surface area contributed by atoms with E-state index in [0.717, 1.165) is 25.7 Å². The van der Waals surface area contributed by atoms with Gasteiger partial charge in [-0.25, -0.2) is 4.39 Å². The molecule has 7 nitrogen and oxygen atoms in total. The number of hydrogen-bond acceptors (Lipinski definition) is 5. The summed E-state index contributed by atoms with van der Waals surface area (Å²) >= 11 is 0. The molecule has 0 spiro atoms. The number of piperazine rings is 1. The predicted molar refractivity (Wildman–Crippen MR) is 130 cm³/mol. The number of amides is 2. The minimum atomic E-state index is -0.411. The summed E-state index contributed by atoms with van der Waals surface area (Å²) in [6.45, 7) is 3.96. The first-order valence-corrected chi connectivity index (χ1v) is 11.9. The Hall–Kier alpha value is -3.26. The van der Waals surface area contributed by atoms with Crippen molar-refractivity contribution in [3.8, 4) is 0 Å². The van der Waals surface area contributed by atoms with Crippen LogP contribution in [0, 0.1) is 5.82 Å². The first kappa shape index (κ1) is 23.9. The number of benzene rings is 2. The number of nitrogens with zero attached hydrogens (tertiary/aromatic N) is 2. The second-order valence-corrected chi connectivity index (χ2v) is 9.03. The zero-order chi connectivity index (χ0) is 24.1. The van der Waals surface area contributed by atoms with Crippen LogP contribution in [0.25, 0.3) is 0 Å². The number of carbonyl (C=O) groups is 3. The maximum absolute atomic E-state index is 14.5. The predicted octanol–water partition coefficient (Wildman–Crippen LogP) is 3.46. The van der Waals surface area contributed by atoms with E-state index in [9.17, 15) is 18.8 Å². The van der Waals surface area contributed by atoms with E-state index >= 15 is 0 Å². The summed E-state index contributed by atoms with van der Waals surface area (Å²) in [6, 6.07) is 11.8. The number of halogens is 1. The average Bonchev–Trinajstić information content (AvgIpc) is 3.33. The molecule has 4 rings (SSSR count). The van der Waals surface area contributed by atoms with Crippen LogP contribution < -0.4 is 15.5 Å². The molecule has 1 aliphatic carbocycles. The van der Waals surface area contributed by atoms with Gasteiger partial charge in [-0.15, -0.1) is 0 Å². The van der Waals surface area contributed by atoms with Gasteiger partial charge in [0.1, 0.15) is 5.82 Å². The Morgan fingerprint density at radius 2 is 1.71 bits per heavy atom. The van der Waals surface area contributed by atoms with Gasteiger partial charge in [-0.2, -0.15) is 0 Å². The highest BCUT2D eigenvalue weighted by molar-refractivity contribution is 6.04. The smallest absolute Gasteiger partial charge is 0.253 e. The molecule has 1 heterocycles. The molecular formula is C26H31FN4O3. The van der Waals surface area contributed by atoms with Gasteiger partial charge in [-0.1, -0.05) is 25.0 Å². The van der Waals surface area contributed by atoms with Crippen molar-refractivity contribution in [1.29, 1.82) is 0 Å². The topological polar surface area (TPSA) is 81.8 Å². The summed E-state index contributed by atoms with van der Waals surface area (Å²) < 4.78 is 14.5. The van der Waals surface area contributed by atoms with Gasteiger partial charge in [0.25, 0.3) is 5.91 Å². The third kappa shape index (κ3) is 5.80. The van der Waals surface area contributed by atoms with Crippen LogP contribution in [0.3, 0.4) is 0 Å². The Morgan fingerprint density at radius 1 is 1.00 bits per heavy atom. The van der Waals surface area contributed by atoms with Crippen LogP contribution >= 0.6 is 0 Å². The zero-order valence-corrected chi connectivity index (χ0v) is 19.5. The largest absolute Gasteiger partial charge is 0.367 e. The molecule has 1 aliphatic heterocycles. The molecule has 2 N–H and O–H groups in total. The van der Waals surface area contributed by atoms with Crippen molar-refractivity contribution in [2.24, 2.45) is 0 Å². The van der Waals surface area contributed by atoms with Gasteiger partial charge in [-0.3, -0.25) is 19.3 Å². The standard InChI is InChI=1S/C26H31FN4O3/c1-18(32)19-10-11-24(22(27)16-19)31-14-12-30(13-15-31)17-25(33)29-23-9-5-4-8-21(23)26(34)28-20-6-2-3-7-20/h4-5,8-11,16,20H,2-3,6-7,12-15,17H2,1H3,(H,28,34)(H,29,33). The highest BCUT2D eigenvalue weighted by atomic mass is 19.1. The molecule has 0 bridgehead atoms. The number of hydrogen-bond donors (Lipinski definition) is 2. The number of Topliss-reactive ketones (excluding diaryl/α,β-unsaturated/α-hetero) is 1. The van der Waals surface area contributed by atoms with Crippen LogP contribution in [-0.4, -0.2) is 61.3 Å². The third-order valence-corrected chi connectivity index (χ3v) is 6.57. The van der Waals surface area contributed by atoms with E-state index < -0.39 is 5.82 Å². The molecule has 1 saturated carbocycles. The van der Waals surface area contributed by atoms with Crippen molar-refractivity contribution >= 4 is 29.0 Å². The van der Waals surface area contributed by atoms with E-state index in [1.807, 2.05) is 9.80 Å². The summed E-state index contributed by atoms with van der Waals surface area (Å²) in [5.41, 5.74) is 1.80. The molecule has 2 aromatic rings. The minimum absolute atomic E-state index is 0.158. The van der Waals surface area contributed by atoms with Crippen LogP contribution in [0.1, 0.15) is 53.3 Å². The van der Waals surface area contributed by atoms with Gasteiger partial charge in [0.15, 0.2) is 5.78 Å². The Bertz CT molecular complexity index is 1060. The van der Waals surface area contributed by atoms with Crippen molar-refractivity contribution in [3.63, 3.8) is 0 Å². The second-order valence-electron chi connectivity index (χ2n) is 9.03. The summed E-state index contributed by atoms with van der Waals surface area (Å²) in [4.78, 5) is 40.8. The molecule has 2 amide bonds. The van der Waals surface area contributed by atoms with Crippen molar-refractivity contribution in [2.75, 3.05) is 42.9 Å². The van der Waals surface area contributed by atoms with Gasteiger partial charge in [-0.05, 0) is 50.1 Å². The molecule has 0 radical (unpaired) electrons. The number of carbonyl (C=O) groups excluding carboxylic acids is 3. The lowest BCUT2D eigenvalue weighted by Gasteiger charge is -2.35. The fourth-order valence-corrected chi connectivity index (χ4v) is 4.65. The zero-order valence-electron chi connectivity index (χ0n) is 19.5. The van der Waals surface area contributed by atoms with Crippen molar-refractivity contribution in [3.05, 3.63) is 59.4 Å². The number of anilines is 2. The highest BCUT2D eigenvalue weighted by Crippen LogP contribution is 2.23. The fourth-order valence-electron chi connectivity index (χ4n) is 4.65. The highest BCUT2D eigenvalue weighted by Gasteiger charge is 2.23. The average molecular weight is 467 g/mol. The van der Waals surface area contributed by atoms with Crippen molar-refractivity contribution in [2.45, 2.75) is 38.6 Å². The molecule has 2 fully saturated rings. The molecule has 2 aromatic carbocycles. The van der Waals surface area contributed by atoms with Crippen molar-refractivity contribution in [1.82, 2.24) is 10.2 Å². The molecule has 1 saturated heterocycles. The molecule has 0 aromatic heterocycles. The maximum Gasteiger partial charge on any atom is 0.253 e. The Labute approximate surface area is 199 Å². The molecule has 0 atom stereocenters. The fraction of sp³-hybridized carbons (Fsp3) is 0.423. The lowest BCUT2D eigenvalue weighted by Crippen LogP contribution is -2.49. The molecule has 0 unspecified atom stereocenters. The van der Waals surface area contributed by atoms with Gasteiger partial charge >= 0.3 is 0 Å². The Balaban J connectivity index is 1.30. The summed E-state index contributed by atoms with van der Waals surface area (Å²) in [6.07, 6.45) is 4.26. The number of para-hydroxylation sites is 1. The Kier molecular flexibility index (Phi) is 7.57. The van der Waals surface area contributed by atoms with Crippen LogP contribution in [0.15, 0.2) is 42.5 Å². The quantitative estimate of drug-likeness (QED) is 0.611. The SMILES string of the molecule is CC(=O)c1ccc(N2CCN(CC(=O)Nc3ccccc3C(=O)NC3CCCC3)CC2)c(F)c1. The van der Waals surface area contributed by atoms with Crippen LogP contribution in [-0.2, 0) is 4.79 Å². The summed E-state index contributed by atoms with van der Waals surface area (Å²) in [7, 11) is 0. The van der Waals surface area contributed by atoms with Crippen LogP contribution in [0.5, 0.6) is 0 Å². The second kappa shape index (κ2) is 10.8. The summed E-state index contributed by atoms with van der Waals surface area (Å²) in [5, 5.41) is 5.95. The lowest BCUT2D eigenvalue weighted by molar-refractivity contribution is -0.117. The van der Waals surface area contributed by atoms with E-state index in [4.69, 9.17) is 0 Å². The maximum atomic E-state index is 14.5. The molecule has 180 valence electrons. The minimum Gasteiger partial charge on any atom is -0.367 e. The molecule has 8 heteroatoms. The third-order valence-electron chi connectivity index (χ3n) is 6.57. The van der Waals surface area contributed by atoms with Crippen LogP contribution in [0.4, 0.5) is 15.8 Å². The molecule has 34 heavy (non-hydrogen) atoms. The van der Waals surface area contributed by atoms with Gasteiger partial charge in [0, 0.05) is 37.8 Å². The van der Waals surface area contributed by atoms with Crippen molar-refractivity contribution < 1.29 is 18.8 Å². The van der Waals surface area contributed by atoms with E-state index in [2.05, 4.69) is 10.6 Å². The van der Waals surface area contributed by atoms with Gasteiger partial charge < -0.3 is 15.5 Å². The first-order valence-electron chi connectivity index (χ1n) is 11.9. The van der Waals surface area contributed by atoms with Crippen LogP contribution in [0.2, 0.25) is 0 Å². The normalized spacial score (nSPS) is 16.9. The van der Waals surface area contributed by atoms with Gasteiger partial charge in [0.05, 0.1) is 23.5 Å². The molecule has 2 aliphatic rings. The van der Waals surface area contributed by atoms with Gasteiger partial charge in [0.2, 0.25) is 5.91 Å². The number of rotatable bonds is 7. The number of ketones is 1. The van der Waals surface area contributed by atoms with E-state index in [1.165, 1.54) is 13.0 Å². The Morgan fingerprint density at radius 3 is 2.38 bits per heavy atom. The van der Waals surface area contributed by atoms with E-state index in [1.54, 1.807) is 36.4 Å². The van der Waals surface area contributed by atoms with E-state index in [0.29, 0.717) is 48.7 Å².